The highest BCUT2D eigenvalue weighted by Gasteiger charge is 2.21. The van der Waals surface area contributed by atoms with Gasteiger partial charge in [0.1, 0.15) is 0 Å². The van der Waals surface area contributed by atoms with E-state index in [4.69, 9.17) is 0 Å². The summed E-state index contributed by atoms with van der Waals surface area (Å²) in [6.07, 6.45) is 0. The molecule has 9 aromatic rings. The fourth-order valence-corrected chi connectivity index (χ4v) is 6.93. The Balaban J connectivity index is 1.42. The Hall–Kier alpha value is -5.14. The van der Waals surface area contributed by atoms with Gasteiger partial charge in [0.2, 0.25) is 0 Å². The Kier molecular flexibility index (Phi) is 4.32. The van der Waals surface area contributed by atoms with E-state index in [0.717, 1.165) is 5.69 Å². The van der Waals surface area contributed by atoms with Gasteiger partial charge in [-0.3, -0.25) is 0 Å². The van der Waals surface area contributed by atoms with Gasteiger partial charge in [-0.25, -0.2) is 0 Å². The monoisotopic (exact) mass is 507 g/mol. The molecule has 0 fully saturated rings. The molecule has 0 aliphatic carbocycles. The highest BCUT2D eigenvalue weighted by Crippen LogP contribution is 2.47. The predicted molar refractivity (Wildman–Crippen MR) is 173 cm³/mol. The molecular weight excluding hydrogens is 482 g/mol. The molecule has 0 heterocycles. The molecule has 0 atom stereocenters. The van der Waals surface area contributed by atoms with Gasteiger partial charge in [-0.1, -0.05) is 115 Å². The lowest BCUT2D eigenvalue weighted by Crippen LogP contribution is -2.11. The van der Waals surface area contributed by atoms with Crippen LogP contribution in [0.1, 0.15) is 5.56 Å². The van der Waals surface area contributed by atoms with E-state index in [2.05, 4.69) is 145 Å². The summed E-state index contributed by atoms with van der Waals surface area (Å²) in [5.74, 6) is 0. The van der Waals surface area contributed by atoms with E-state index in [0.29, 0.717) is 0 Å². The first-order valence-corrected chi connectivity index (χ1v) is 13.9. The number of hydrogen-bond acceptors (Lipinski definition) is 1. The first kappa shape index (κ1) is 21.8. The van der Waals surface area contributed by atoms with Gasteiger partial charge in [-0.2, -0.15) is 0 Å². The third-order valence-electron chi connectivity index (χ3n) is 8.79. The Bertz CT molecular complexity index is 2200. The molecule has 186 valence electrons. The second kappa shape index (κ2) is 7.94. The van der Waals surface area contributed by atoms with E-state index in [9.17, 15) is 0 Å². The van der Waals surface area contributed by atoms with Crippen molar-refractivity contribution in [1.29, 1.82) is 0 Å². The van der Waals surface area contributed by atoms with E-state index in [1.807, 2.05) is 0 Å². The van der Waals surface area contributed by atoms with E-state index < -0.39 is 0 Å². The summed E-state index contributed by atoms with van der Waals surface area (Å²) >= 11 is 0. The minimum Gasteiger partial charge on any atom is -0.309 e. The Morgan fingerprint density at radius 2 is 0.725 bits per heavy atom. The summed E-state index contributed by atoms with van der Waals surface area (Å²) in [7, 11) is 0. The third kappa shape index (κ3) is 2.92. The van der Waals surface area contributed by atoms with Gasteiger partial charge in [0, 0.05) is 16.5 Å². The molecule has 1 nitrogen and oxygen atoms in total. The van der Waals surface area contributed by atoms with Crippen LogP contribution in [0, 0.1) is 6.92 Å². The van der Waals surface area contributed by atoms with Crippen molar-refractivity contribution in [3.05, 3.63) is 139 Å². The molecule has 9 aromatic carbocycles. The zero-order valence-electron chi connectivity index (χ0n) is 22.1. The molecule has 0 N–H and O–H groups in total. The Labute approximate surface area is 232 Å². The van der Waals surface area contributed by atoms with Crippen molar-refractivity contribution in [2.24, 2.45) is 0 Å². The molecule has 0 unspecified atom stereocenters. The van der Waals surface area contributed by atoms with Crippen molar-refractivity contribution < 1.29 is 0 Å². The first-order valence-electron chi connectivity index (χ1n) is 13.9. The zero-order chi connectivity index (χ0) is 26.4. The molecule has 0 amide bonds. The Morgan fingerprint density at radius 3 is 1.18 bits per heavy atom. The lowest BCUT2D eigenvalue weighted by molar-refractivity contribution is 1.30. The van der Waals surface area contributed by atoms with Crippen LogP contribution in [0.5, 0.6) is 0 Å². The van der Waals surface area contributed by atoms with E-state index in [1.165, 1.54) is 81.6 Å². The number of aryl methyl sites for hydroxylation is 1. The molecule has 1 heteroatoms. The number of rotatable bonds is 3. The minimum absolute atomic E-state index is 1.16. The van der Waals surface area contributed by atoms with Gasteiger partial charge in [0.15, 0.2) is 0 Å². The van der Waals surface area contributed by atoms with E-state index >= 15 is 0 Å². The normalized spacial score (nSPS) is 12.1. The number of hydrogen-bond donors (Lipinski definition) is 0. The smallest absolute Gasteiger partial charge is 0.0540 e. The summed E-state index contributed by atoms with van der Waals surface area (Å²) < 4.78 is 0. The standard InChI is InChI=1S/C39H25N/c1-24-8-18-31(19-9-24)40(34-22-16-29-12-10-25-4-2-6-27-14-20-32(34)38(29)36(25)27)35-23-17-30-13-11-26-5-3-7-28-15-21-33(35)39(30)37(26)28/h2-23H,1H3. The van der Waals surface area contributed by atoms with Crippen molar-refractivity contribution in [3.63, 3.8) is 0 Å². The fourth-order valence-electron chi connectivity index (χ4n) is 6.93. The SMILES string of the molecule is Cc1ccc(N(c2ccc3ccc4cccc5ccc2c3c45)c2ccc3ccc4cccc5ccc2c3c45)cc1. The summed E-state index contributed by atoms with van der Waals surface area (Å²) in [5, 5.41) is 15.6. The average molecular weight is 508 g/mol. The molecule has 0 aromatic heterocycles. The molecule has 0 radical (unpaired) electrons. The van der Waals surface area contributed by atoms with Crippen LogP contribution in [0.2, 0.25) is 0 Å². The lowest BCUT2D eigenvalue weighted by atomic mass is 9.91. The average Bonchev–Trinajstić information content (AvgIpc) is 3.01. The summed E-state index contributed by atoms with van der Waals surface area (Å²) in [6.45, 7) is 2.15. The van der Waals surface area contributed by atoms with Crippen molar-refractivity contribution in [2.45, 2.75) is 6.92 Å². The number of anilines is 3. The van der Waals surface area contributed by atoms with Gasteiger partial charge in [0.25, 0.3) is 0 Å². The predicted octanol–water partition coefficient (Wildman–Crippen LogP) is 11.3. The maximum absolute atomic E-state index is 2.47. The van der Waals surface area contributed by atoms with E-state index in [1.54, 1.807) is 0 Å². The van der Waals surface area contributed by atoms with Crippen LogP contribution < -0.4 is 4.90 Å². The quantitative estimate of drug-likeness (QED) is 0.215. The van der Waals surface area contributed by atoms with Gasteiger partial charge < -0.3 is 4.90 Å². The summed E-state index contributed by atoms with van der Waals surface area (Å²) in [6, 6.07) is 49.6. The molecule has 0 aliphatic heterocycles. The fraction of sp³-hybridized carbons (Fsp3) is 0.0256. The second-order valence-corrected chi connectivity index (χ2v) is 11.1. The first-order chi connectivity index (χ1) is 19.7. The molecule has 0 spiro atoms. The topological polar surface area (TPSA) is 3.24 Å². The lowest BCUT2D eigenvalue weighted by Gasteiger charge is -2.29. The van der Waals surface area contributed by atoms with Crippen molar-refractivity contribution in [2.75, 3.05) is 4.90 Å². The molecule has 40 heavy (non-hydrogen) atoms. The molecule has 0 saturated carbocycles. The maximum atomic E-state index is 2.47. The molecule has 0 saturated heterocycles. The number of benzene rings is 9. The summed E-state index contributed by atoms with van der Waals surface area (Å²) in [5.41, 5.74) is 4.82. The van der Waals surface area contributed by atoms with Crippen LogP contribution in [0.25, 0.3) is 64.6 Å². The van der Waals surface area contributed by atoms with Gasteiger partial charge in [-0.15, -0.1) is 0 Å². The van der Waals surface area contributed by atoms with Crippen molar-refractivity contribution in [3.8, 4) is 0 Å². The van der Waals surface area contributed by atoms with Gasteiger partial charge in [0.05, 0.1) is 11.4 Å². The zero-order valence-corrected chi connectivity index (χ0v) is 22.1. The Morgan fingerprint density at radius 1 is 0.350 bits per heavy atom. The number of nitrogens with zero attached hydrogens (tertiary/aromatic N) is 1. The van der Waals surface area contributed by atoms with Crippen molar-refractivity contribution >= 4 is 81.7 Å². The highest BCUT2D eigenvalue weighted by molar-refractivity contribution is 6.28. The van der Waals surface area contributed by atoms with Crippen molar-refractivity contribution in [1.82, 2.24) is 0 Å². The molecule has 0 aliphatic rings. The molecular formula is C39H25N. The molecule has 0 bridgehead atoms. The summed E-state index contributed by atoms with van der Waals surface area (Å²) in [4.78, 5) is 2.47. The molecule has 9 rings (SSSR count). The van der Waals surface area contributed by atoms with Crippen LogP contribution in [-0.2, 0) is 0 Å². The second-order valence-electron chi connectivity index (χ2n) is 11.1. The van der Waals surface area contributed by atoms with Crippen LogP contribution in [-0.4, -0.2) is 0 Å². The van der Waals surface area contributed by atoms with Crippen LogP contribution in [0.15, 0.2) is 133 Å². The van der Waals surface area contributed by atoms with Crippen LogP contribution in [0.3, 0.4) is 0 Å². The minimum atomic E-state index is 1.16. The largest absolute Gasteiger partial charge is 0.309 e. The third-order valence-corrected chi connectivity index (χ3v) is 8.79. The van der Waals surface area contributed by atoms with Gasteiger partial charge >= 0.3 is 0 Å². The van der Waals surface area contributed by atoms with Gasteiger partial charge in [-0.05, 0) is 85.1 Å². The van der Waals surface area contributed by atoms with Crippen LogP contribution in [0.4, 0.5) is 17.1 Å². The van der Waals surface area contributed by atoms with Crippen LogP contribution >= 0.6 is 0 Å². The maximum Gasteiger partial charge on any atom is 0.0540 e. The highest BCUT2D eigenvalue weighted by atomic mass is 15.1. The van der Waals surface area contributed by atoms with E-state index in [-0.39, 0.29) is 0 Å².